The number of pyridine rings is 1. The number of rotatable bonds is 3. The Hall–Kier alpha value is -3.21. The lowest BCUT2D eigenvalue weighted by atomic mass is 10.1. The molecular weight excluding hydrogens is 310 g/mol. The number of aromatic nitrogens is 4. The largest absolute Gasteiger partial charge is 0.363 e. The average Bonchev–Trinajstić information content (AvgIpc) is 3.32. The SMILES string of the molecule is c1ccc2c(c1)CC[C@H]2Nc1ccc2cc(-n3cncn3)ccc2n1. The van der Waals surface area contributed by atoms with E-state index in [2.05, 4.69) is 51.8 Å². The van der Waals surface area contributed by atoms with Gasteiger partial charge in [0.15, 0.2) is 0 Å². The minimum atomic E-state index is 0.343. The first-order valence-electron chi connectivity index (χ1n) is 8.47. The summed E-state index contributed by atoms with van der Waals surface area (Å²) < 4.78 is 1.75. The molecule has 2 aromatic heterocycles. The average molecular weight is 327 g/mol. The Kier molecular flexibility index (Phi) is 3.23. The van der Waals surface area contributed by atoms with Crippen molar-refractivity contribution in [3.05, 3.63) is 78.4 Å². The highest BCUT2D eigenvalue weighted by Crippen LogP contribution is 2.33. The maximum Gasteiger partial charge on any atom is 0.138 e. The number of anilines is 1. The van der Waals surface area contributed by atoms with E-state index in [4.69, 9.17) is 4.98 Å². The second-order valence-corrected chi connectivity index (χ2v) is 6.35. The van der Waals surface area contributed by atoms with Crippen LogP contribution in [0, 0.1) is 0 Å². The van der Waals surface area contributed by atoms with Crippen molar-refractivity contribution in [2.24, 2.45) is 0 Å². The summed E-state index contributed by atoms with van der Waals surface area (Å²) in [5, 5.41) is 8.85. The maximum absolute atomic E-state index is 4.78. The molecule has 0 bridgehead atoms. The fourth-order valence-electron chi connectivity index (χ4n) is 3.56. The van der Waals surface area contributed by atoms with Crippen molar-refractivity contribution in [1.29, 1.82) is 0 Å². The number of benzene rings is 2. The predicted molar refractivity (Wildman–Crippen MR) is 97.8 cm³/mol. The highest BCUT2D eigenvalue weighted by molar-refractivity contribution is 5.82. The maximum atomic E-state index is 4.78. The van der Waals surface area contributed by atoms with Gasteiger partial charge in [-0.25, -0.2) is 14.6 Å². The van der Waals surface area contributed by atoms with Crippen molar-refractivity contribution in [2.75, 3.05) is 5.32 Å². The highest BCUT2D eigenvalue weighted by atomic mass is 15.3. The van der Waals surface area contributed by atoms with Crippen molar-refractivity contribution < 1.29 is 0 Å². The molecule has 2 heterocycles. The van der Waals surface area contributed by atoms with Crippen LogP contribution in [-0.2, 0) is 6.42 Å². The zero-order valence-electron chi connectivity index (χ0n) is 13.6. The van der Waals surface area contributed by atoms with Crippen LogP contribution in [0.2, 0.25) is 0 Å². The van der Waals surface area contributed by atoms with E-state index >= 15 is 0 Å². The van der Waals surface area contributed by atoms with Gasteiger partial charge in [0.25, 0.3) is 0 Å². The van der Waals surface area contributed by atoms with Gasteiger partial charge in [-0.15, -0.1) is 0 Å². The molecule has 25 heavy (non-hydrogen) atoms. The summed E-state index contributed by atoms with van der Waals surface area (Å²) in [4.78, 5) is 8.77. The van der Waals surface area contributed by atoms with Gasteiger partial charge in [0, 0.05) is 5.39 Å². The van der Waals surface area contributed by atoms with Gasteiger partial charge < -0.3 is 5.32 Å². The summed E-state index contributed by atoms with van der Waals surface area (Å²) in [6.45, 7) is 0. The summed E-state index contributed by atoms with van der Waals surface area (Å²) in [6, 6.07) is 19.3. The normalized spacial score (nSPS) is 16.1. The smallest absolute Gasteiger partial charge is 0.138 e. The molecule has 5 nitrogen and oxygen atoms in total. The Labute approximate surface area is 145 Å². The Balaban J connectivity index is 1.44. The number of hydrogen-bond acceptors (Lipinski definition) is 4. The number of fused-ring (bicyclic) bond motifs is 2. The van der Waals surface area contributed by atoms with Gasteiger partial charge in [0.05, 0.1) is 17.2 Å². The second kappa shape index (κ2) is 5.70. The Morgan fingerprint density at radius 1 is 1.04 bits per heavy atom. The molecule has 0 fully saturated rings. The van der Waals surface area contributed by atoms with E-state index in [9.17, 15) is 0 Å². The third kappa shape index (κ3) is 2.54. The zero-order valence-corrected chi connectivity index (χ0v) is 13.6. The lowest BCUT2D eigenvalue weighted by molar-refractivity contribution is 0.758. The molecule has 0 saturated heterocycles. The Morgan fingerprint density at radius 2 is 2.00 bits per heavy atom. The molecule has 0 spiro atoms. The van der Waals surface area contributed by atoms with Gasteiger partial charge in [0.1, 0.15) is 18.5 Å². The highest BCUT2D eigenvalue weighted by Gasteiger charge is 2.21. The van der Waals surface area contributed by atoms with Crippen molar-refractivity contribution in [3.63, 3.8) is 0 Å². The molecule has 0 aliphatic heterocycles. The third-order valence-corrected chi connectivity index (χ3v) is 4.81. The minimum absolute atomic E-state index is 0.343. The molecule has 1 aliphatic rings. The fourth-order valence-corrected chi connectivity index (χ4v) is 3.56. The summed E-state index contributed by atoms with van der Waals surface area (Å²) in [7, 11) is 0. The van der Waals surface area contributed by atoms with E-state index in [1.807, 2.05) is 18.2 Å². The molecule has 1 aliphatic carbocycles. The van der Waals surface area contributed by atoms with Crippen LogP contribution in [0.4, 0.5) is 5.82 Å². The molecule has 0 saturated carbocycles. The summed E-state index contributed by atoms with van der Waals surface area (Å²) in [5.41, 5.74) is 4.79. The van der Waals surface area contributed by atoms with E-state index in [1.165, 1.54) is 17.5 Å². The molecule has 1 N–H and O–H groups in total. The van der Waals surface area contributed by atoms with Gasteiger partial charge in [-0.05, 0) is 54.3 Å². The Bertz CT molecular complexity index is 1040. The van der Waals surface area contributed by atoms with Gasteiger partial charge in [0.2, 0.25) is 0 Å². The van der Waals surface area contributed by atoms with Crippen LogP contribution in [0.5, 0.6) is 0 Å². The van der Waals surface area contributed by atoms with E-state index in [1.54, 1.807) is 11.0 Å². The van der Waals surface area contributed by atoms with Crippen molar-refractivity contribution in [3.8, 4) is 5.69 Å². The van der Waals surface area contributed by atoms with E-state index in [0.717, 1.165) is 35.2 Å². The van der Waals surface area contributed by atoms with Gasteiger partial charge >= 0.3 is 0 Å². The summed E-state index contributed by atoms with van der Waals surface area (Å²) in [5.74, 6) is 0.919. The van der Waals surface area contributed by atoms with Crippen LogP contribution in [0.3, 0.4) is 0 Å². The molecule has 4 aromatic rings. The second-order valence-electron chi connectivity index (χ2n) is 6.35. The first-order chi connectivity index (χ1) is 12.4. The van der Waals surface area contributed by atoms with Gasteiger partial charge in [-0.2, -0.15) is 5.10 Å². The molecule has 5 rings (SSSR count). The number of nitrogens with zero attached hydrogens (tertiary/aromatic N) is 4. The molecule has 122 valence electrons. The molecule has 1 atom stereocenters. The first kappa shape index (κ1) is 14.2. The lowest BCUT2D eigenvalue weighted by Gasteiger charge is -2.15. The molecule has 0 radical (unpaired) electrons. The van der Waals surface area contributed by atoms with E-state index in [-0.39, 0.29) is 0 Å². The lowest BCUT2D eigenvalue weighted by Crippen LogP contribution is -2.08. The predicted octanol–water partition coefficient (Wildman–Crippen LogP) is 3.91. The standard InChI is InChI=1S/C20H17N5/c1-2-4-17-14(3-1)5-8-19(17)24-20-10-6-15-11-16(7-9-18(15)23-20)25-13-21-12-22-25/h1-4,6-7,9-13,19H,5,8H2,(H,23,24)/t19-/m1/s1. The van der Waals surface area contributed by atoms with Crippen LogP contribution >= 0.6 is 0 Å². The van der Waals surface area contributed by atoms with Crippen LogP contribution in [0.25, 0.3) is 16.6 Å². The summed E-state index contributed by atoms with van der Waals surface area (Å²) in [6.07, 6.45) is 5.48. The van der Waals surface area contributed by atoms with Crippen LogP contribution < -0.4 is 5.32 Å². The molecule has 0 unspecified atom stereocenters. The molecule has 0 amide bonds. The molecule has 5 heteroatoms. The molecule has 2 aromatic carbocycles. The number of aryl methyl sites for hydroxylation is 1. The van der Waals surface area contributed by atoms with Crippen molar-refractivity contribution >= 4 is 16.7 Å². The Morgan fingerprint density at radius 3 is 2.92 bits per heavy atom. The zero-order chi connectivity index (χ0) is 16.6. The fraction of sp³-hybridized carbons (Fsp3) is 0.150. The minimum Gasteiger partial charge on any atom is -0.363 e. The summed E-state index contributed by atoms with van der Waals surface area (Å²) >= 11 is 0. The number of nitrogens with one attached hydrogen (secondary N) is 1. The quantitative estimate of drug-likeness (QED) is 0.620. The van der Waals surface area contributed by atoms with Crippen LogP contribution in [0.15, 0.2) is 67.3 Å². The van der Waals surface area contributed by atoms with Crippen LogP contribution in [0.1, 0.15) is 23.6 Å². The first-order valence-corrected chi connectivity index (χ1v) is 8.47. The van der Waals surface area contributed by atoms with Crippen molar-refractivity contribution in [2.45, 2.75) is 18.9 Å². The number of hydrogen-bond donors (Lipinski definition) is 1. The third-order valence-electron chi connectivity index (χ3n) is 4.81. The van der Waals surface area contributed by atoms with Gasteiger partial charge in [-0.1, -0.05) is 24.3 Å². The monoisotopic (exact) mass is 327 g/mol. The molecular formula is C20H17N5. The topological polar surface area (TPSA) is 55.6 Å². The van der Waals surface area contributed by atoms with E-state index < -0.39 is 0 Å². The van der Waals surface area contributed by atoms with Crippen molar-refractivity contribution in [1.82, 2.24) is 19.7 Å². The van der Waals surface area contributed by atoms with Gasteiger partial charge in [-0.3, -0.25) is 0 Å². The van der Waals surface area contributed by atoms with E-state index in [0.29, 0.717) is 6.04 Å². The van der Waals surface area contributed by atoms with Crippen LogP contribution in [-0.4, -0.2) is 19.7 Å².